The van der Waals surface area contributed by atoms with Gasteiger partial charge in [-0.3, -0.25) is 10.2 Å². The fourth-order valence-electron chi connectivity index (χ4n) is 0.321. The minimum absolute atomic E-state index is 0.0240. The predicted molar refractivity (Wildman–Crippen MR) is 36.8 cm³/mol. The summed E-state index contributed by atoms with van der Waals surface area (Å²) >= 11 is 0. The molecule has 0 amide bonds. The molecule has 5 heteroatoms. The van der Waals surface area contributed by atoms with E-state index >= 15 is 0 Å². The van der Waals surface area contributed by atoms with Crippen LogP contribution in [-0.2, 0) is 9.53 Å². The van der Waals surface area contributed by atoms with Crippen molar-refractivity contribution in [2.75, 3.05) is 20.7 Å². The molecular weight excluding hydrogens is 134 g/mol. The molecule has 10 heavy (non-hydrogen) atoms. The van der Waals surface area contributed by atoms with Crippen molar-refractivity contribution >= 4 is 11.9 Å². The van der Waals surface area contributed by atoms with E-state index in [1.54, 1.807) is 7.05 Å². The molecule has 3 N–H and O–H groups in total. The van der Waals surface area contributed by atoms with Gasteiger partial charge >= 0.3 is 5.97 Å². The SMILES string of the molecule is CNC(=N)NCC(=O)OC. The number of guanidine groups is 1. The first-order valence-corrected chi connectivity index (χ1v) is 2.77. The van der Waals surface area contributed by atoms with Crippen molar-refractivity contribution in [1.82, 2.24) is 10.6 Å². The number of hydrogen-bond acceptors (Lipinski definition) is 3. The van der Waals surface area contributed by atoms with Crippen LogP contribution in [0.4, 0.5) is 0 Å². The van der Waals surface area contributed by atoms with Gasteiger partial charge in [-0.25, -0.2) is 0 Å². The molecule has 0 heterocycles. The van der Waals surface area contributed by atoms with Gasteiger partial charge in [0.15, 0.2) is 5.96 Å². The molecule has 0 atom stereocenters. The molecule has 5 nitrogen and oxygen atoms in total. The number of esters is 1. The van der Waals surface area contributed by atoms with Crippen molar-refractivity contribution in [2.24, 2.45) is 0 Å². The maximum atomic E-state index is 10.4. The summed E-state index contributed by atoms with van der Waals surface area (Å²) in [7, 11) is 2.89. The van der Waals surface area contributed by atoms with E-state index in [0.717, 1.165) is 0 Å². The molecule has 58 valence electrons. The third-order valence-corrected chi connectivity index (χ3v) is 0.887. The van der Waals surface area contributed by atoms with Crippen molar-refractivity contribution in [2.45, 2.75) is 0 Å². The molecule has 0 radical (unpaired) electrons. The third-order valence-electron chi connectivity index (χ3n) is 0.887. The van der Waals surface area contributed by atoms with Crippen molar-refractivity contribution in [1.29, 1.82) is 5.41 Å². The molecular formula is C5H11N3O2. The van der Waals surface area contributed by atoms with Crippen LogP contribution in [0.1, 0.15) is 0 Å². The molecule has 0 rings (SSSR count). The smallest absolute Gasteiger partial charge is 0.325 e. The van der Waals surface area contributed by atoms with Crippen molar-refractivity contribution in [3.8, 4) is 0 Å². The Balaban J connectivity index is 3.35. The highest BCUT2D eigenvalue weighted by Gasteiger charge is 1.98. The first-order chi connectivity index (χ1) is 4.70. The summed E-state index contributed by atoms with van der Waals surface area (Å²) < 4.78 is 4.32. The molecule has 0 aliphatic rings. The van der Waals surface area contributed by atoms with E-state index in [2.05, 4.69) is 15.4 Å². The molecule has 0 aliphatic heterocycles. The largest absolute Gasteiger partial charge is 0.468 e. The lowest BCUT2D eigenvalue weighted by Gasteiger charge is -2.03. The van der Waals surface area contributed by atoms with Crippen LogP contribution in [0.15, 0.2) is 0 Å². The van der Waals surface area contributed by atoms with Crippen LogP contribution in [0.25, 0.3) is 0 Å². The van der Waals surface area contributed by atoms with Gasteiger partial charge in [0.2, 0.25) is 0 Å². The Bertz CT molecular complexity index is 119. The van der Waals surface area contributed by atoms with E-state index in [0.29, 0.717) is 0 Å². The fourth-order valence-corrected chi connectivity index (χ4v) is 0.321. The van der Waals surface area contributed by atoms with Gasteiger partial charge in [-0.05, 0) is 0 Å². The van der Waals surface area contributed by atoms with Gasteiger partial charge in [0.1, 0.15) is 6.54 Å². The first kappa shape index (κ1) is 8.74. The number of nitrogens with one attached hydrogen (secondary N) is 3. The molecule has 0 saturated heterocycles. The molecule has 0 aromatic heterocycles. The Hall–Kier alpha value is -1.26. The Morgan fingerprint density at radius 1 is 1.70 bits per heavy atom. The lowest BCUT2D eigenvalue weighted by molar-refractivity contribution is -0.139. The Morgan fingerprint density at radius 3 is 2.70 bits per heavy atom. The van der Waals surface area contributed by atoms with Gasteiger partial charge in [-0.2, -0.15) is 0 Å². The zero-order chi connectivity index (χ0) is 7.98. The zero-order valence-electron chi connectivity index (χ0n) is 6.02. The lowest BCUT2D eigenvalue weighted by Crippen LogP contribution is -2.37. The van der Waals surface area contributed by atoms with Gasteiger partial charge in [0.25, 0.3) is 0 Å². The highest BCUT2D eigenvalue weighted by molar-refractivity contribution is 5.81. The summed E-state index contributed by atoms with van der Waals surface area (Å²) in [5.74, 6) is -0.287. The summed E-state index contributed by atoms with van der Waals surface area (Å²) in [6, 6.07) is 0. The predicted octanol–water partition coefficient (Wildman–Crippen LogP) is -1.10. The summed E-state index contributed by atoms with van der Waals surface area (Å²) in [6.07, 6.45) is 0. The van der Waals surface area contributed by atoms with Crippen LogP contribution in [0, 0.1) is 5.41 Å². The van der Waals surface area contributed by atoms with Gasteiger partial charge in [0, 0.05) is 7.05 Å². The zero-order valence-corrected chi connectivity index (χ0v) is 6.02. The topological polar surface area (TPSA) is 74.2 Å². The molecule has 0 unspecified atom stereocenters. The van der Waals surface area contributed by atoms with Gasteiger partial charge < -0.3 is 15.4 Å². The number of methoxy groups -OCH3 is 1. The van der Waals surface area contributed by atoms with Crippen molar-refractivity contribution < 1.29 is 9.53 Å². The minimum atomic E-state index is -0.389. The minimum Gasteiger partial charge on any atom is -0.468 e. The van der Waals surface area contributed by atoms with Crippen LogP contribution >= 0.6 is 0 Å². The quantitative estimate of drug-likeness (QED) is 0.262. The van der Waals surface area contributed by atoms with E-state index in [4.69, 9.17) is 5.41 Å². The number of carbonyl (C=O) groups is 1. The van der Waals surface area contributed by atoms with Crippen LogP contribution in [-0.4, -0.2) is 32.6 Å². The molecule has 0 aliphatic carbocycles. The molecule has 0 bridgehead atoms. The molecule has 0 saturated carbocycles. The van der Waals surface area contributed by atoms with Crippen LogP contribution in [0.2, 0.25) is 0 Å². The average molecular weight is 145 g/mol. The molecule has 0 fully saturated rings. The lowest BCUT2D eigenvalue weighted by atomic mass is 10.6. The highest BCUT2D eigenvalue weighted by atomic mass is 16.5. The number of hydrogen-bond donors (Lipinski definition) is 3. The van der Waals surface area contributed by atoms with Crippen LogP contribution in [0.5, 0.6) is 0 Å². The number of ether oxygens (including phenoxy) is 1. The van der Waals surface area contributed by atoms with E-state index in [9.17, 15) is 4.79 Å². The van der Waals surface area contributed by atoms with E-state index in [1.165, 1.54) is 7.11 Å². The number of rotatable bonds is 2. The van der Waals surface area contributed by atoms with Gasteiger partial charge in [0.05, 0.1) is 7.11 Å². The maximum Gasteiger partial charge on any atom is 0.325 e. The second kappa shape index (κ2) is 4.60. The summed E-state index contributed by atoms with van der Waals surface area (Å²) in [5.41, 5.74) is 0. The third kappa shape index (κ3) is 3.71. The van der Waals surface area contributed by atoms with E-state index < -0.39 is 0 Å². The van der Waals surface area contributed by atoms with Crippen molar-refractivity contribution in [3.63, 3.8) is 0 Å². The van der Waals surface area contributed by atoms with E-state index in [-0.39, 0.29) is 18.5 Å². The second-order valence-electron chi connectivity index (χ2n) is 1.55. The second-order valence-corrected chi connectivity index (χ2v) is 1.55. The van der Waals surface area contributed by atoms with Crippen LogP contribution in [0.3, 0.4) is 0 Å². The summed E-state index contributed by atoms with van der Waals surface area (Å²) in [6.45, 7) is 0.0240. The Morgan fingerprint density at radius 2 is 2.30 bits per heavy atom. The fraction of sp³-hybridized carbons (Fsp3) is 0.600. The first-order valence-electron chi connectivity index (χ1n) is 2.77. The molecule has 0 aromatic carbocycles. The Kier molecular flexibility index (Phi) is 4.02. The molecule has 0 spiro atoms. The monoisotopic (exact) mass is 145 g/mol. The molecule has 0 aromatic rings. The Labute approximate surface area is 59.3 Å². The summed E-state index contributed by atoms with van der Waals surface area (Å²) in [4.78, 5) is 10.4. The normalized spacial score (nSPS) is 8.20. The summed E-state index contributed by atoms with van der Waals surface area (Å²) in [5, 5.41) is 12.0. The standard InChI is InChI=1S/C5H11N3O2/c1-7-5(6)8-3-4(9)10-2/h3H2,1-2H3,(H3,6,7,8). The highest BCUT2D eigenvalue weighted by Crippen LogP contribution is 1.67. The maximum absolute atomic E-state index is 10.4. The average Bonchev–Trinajstić information content (AvgIpc) is 1.99. The van der Waals surface area contributed by atoms with Crippen molar-refractivity contribution in [3.05, 3.63) is 0 Å². The van der Waals surface area contributed by atoms with Crippen LogP contribution < -0.4 is 10.6 Å². The van der Waals surface area contributed by atoms with Gasteiger partial charge in [-0.15, -0.1) is 0 Å². The number of carbonyl (C=O) groups excluding carboxylic acids is 1. The van der Waals surface area contributed by atoms with Gasteiger partial charge in [-0.1, -0.05) is 0 Å². The van der Waals surface area contributed by atoms with E-state index in [1.807, 2.05) is 0 Å².